The fourth-order valence-electron chi connectivity index (χ4n) is 0.417. The van der Waals surface area contributed by atoms with E-state index >= 15 is 0 Å². The van der Waals surface area contributed by atoms with E-state index in [9.17, 15) is 4.79 Å². The van der Waals surface area contributed by atoms with Crippen LogP contribution in [0.5, 0.6) is 0 Å². The third-order valence-corrected chi connectivity index (χ3v) is 1.21. The summed E-state index contributed by atoms with van der Waals surface area (Å²) in [4.78, 5) is 12.1. The van der Waals surface area contributed by atoms with Crippen LogP contribution < -0.4 is 0 Å². The van der Waals surface area contributed by atoms with Crippen molar-refractivity contribution in [3.05, 3.63) is 11.1 Å². The molecule has 0 bridgehead atoms. The number of carbonyl (C=O) groups is 1. The van der Waals surface area contributed by atoms with Gasteiger partial charge in [0.15, 0.2) is 0 Å². The molecule has 0 heterocycles. The molecule has 0 N–H and O–H groups in total. The van der Waals surface area contributed by atoms with Gasteiger partial charge in [-0.05, 0) is 11.4 Å². The first-order valence-corrected chi connectivity index (χ1v) is 4.16. The Morgan fingerprint density at radius 1 is 1.70 bits per heavy atom. The molecule has 3 heteroatoms. The van der Waals surface area contributed by atoms with Gasteiger partial charge in [0, 0.05) is 6.08 Å². The van der Waals surface area contributed by atoms with Gasteiger partial charge in [-0.15, -0.1) is 0 Å². The maximum absolute atomic E-state index is 10.6. The number of hydrogen-bond acceptors (Lipinski definition) is 2. The highest BCUT2D eigenvalue weighted by Gasteiger charge is 1.92. The summed E-state index contributed by atoms with van der Waals surface area (Å²) < 4.78 is 4.77. The molecule has 0 aromatic rings. The van der Waals surface area contributed by atoms with Crippen LogP contribution in [0.25, 0.3) is 0 Å². The van der Waals surface area contributed by atoms with Crippen LogP contribution in [-0.2, 0) is 9.53 Å². The summed E-state index contributed by atoms with van der Waals surface area (Å²) in [5.74, 6) is -0.287. The predicted molar refractivity (Wildman–Crippen MR) is 43.9 cm³/mol. The second-order valence-electron chi connectivity index (χ2n) is 1.81. The lowest BCUT2D eigenvalue weighted by atomic mass is 10.4. The Morgan fingerprint density at radius 3 is 2.90 bits per heavy atom. The summed E-state index contributed by atoms with van der Waals surface area (Å²) in [7, 11) is 0. The molecule has 0 amide bonds. The van der Waals surface area contributed by atoms with Gasteiger partial charge >= 0.3 is 5.97 Å². The highest BCUT2D eigenvalue weighted by molar-refractivity contribution is 9.11. The average molecular weight is 207 g/mol. The Balaban J connectivity index is 3.22. The lowest BCUT2D eigenvalue weighted by Crippen LogP contribution is -2.01. The minimum absolute atomic E-state index is 0.287. The molecule has 0 aromatic carbocycles. The van der Waals surface area contributed by atoms with Crippen molar-refractivity contribution >= 4 is 21.9 Å². The Kier molecular flexibility index (Phi) is 6.59. The van der Waals surface area contributed by atoms with Crippen LogP contribution in [0.2, 0.25) is 0 Å². The molecule has 0 radical (unpaired) electrons. The normalized spacial score (nSPS) is 10.2. The van der Waals surface area contributed by atoms with Crippen LogP contribution in [0.15, 0.2) is 11.1 Å². The van der Waals surface area contributed by atoms with Crippen LogP contribution in [-0.4, -0.2) is 12.6 Å². The van der Waals surface area contributed by atoms with Gasteiger partial charge in [-0.3, -0.25) is 0 Å². The highest BCUT2D eigenvalue weighted by atomic mass is 79.9. The van der Waals surface area contributed by atoms with E-state index in [1.54, 1.807) is 0 Å². The van der Waals surface area contributed by atoms with Gasteiger partial charge < -0.3 is 4.74 Å². The van der Waals surface area contributed by atoms with E-state index in [-0.39, 0.29) is 5.97 Å². The van der Waals surface area contributed by atoms with E-state index in [0.717, 1.165) is 12.8 Å². The lowest BCUT2D eigenvalue weighted by Gasteiger charge is -1.97. The number of rotatable bonds is 4. The van der Waals surface area contributed by atoms with Gasteiger partial charge in [0.05, 0.1) is 6.61 Å². The predicted octanol–water partition coefficient (Wildman–Crippen LogP) is 2.24. The number of carbonyl (C=O) groups excluding carboxylic acids is 1. The van der Waals surface area contributed by atoms with Gasteiger partial charge in [0.25, 0.3) is 0 Å². The Morgan fingerprint density at radius 2 is 2.40 bits per heavy atom. The van der Waals surface area contributed by atoms with Crippen LogP contribution >= 0.6 is 15.9 Å². The van der Waals surface area contributed by atoms with E-state index in [2.05, 4.69) is 15.9 Å². The fraction of sp³-hybridized carbons (Fsp3) is 0.571. The van der Waals surface area contributed by atoms with Crippen molar-refractivity contribution in [2.75, 3.05) is 6.61 Å². The summed E-state index contributed by atoms with van der Waals surface area (Å²) in [6, 6.07) is 0. The zero-order chi connectivity index (χ0) is 7.82. The number of unbranched alkanes of at least 4 members (excludes halogenated alkanes) is 1. The second kappa shape index (κ2) is 6.81. The maximum Gasteiger partial charge on any atom is 0.331 e. The molecular weight excluding hydrogens is 196 g/mol. The molecule has 0 saturated carbocycles. The zero-order valence-corrected chi connectivity index (χ0v) is 7.56. The SMILES string of the molecule is CCCCOC(=O)C=CBr. The third-order valence-electron chi connectivity index (χ3n) is 0.941. The van der Waals surface area contributed by atoms with Gasteiger partial charge in [-0.2, -0.15) is 0 Å². The first-order valence-electron chi connectivity index (χ1n) is 3.24. The molecule has 58 valence electrons. The molecule has 0 fully saturated rings. The van der Waals surface area contributed by atoms with Crippen molar-refractivity contribution in [2.45, 2.75) is 19.8 Å². The average Bonchev–Trinajstić information content (AvgIpc) is 1.89. The maximum atomic E-state index is 10.6. The van der Waals surface area contributed by atoms with E-state index in [1.165, 1.54) is 11.1 Å². The van der Waals surface area contributed by atoms with Crippen molar-refractivity contribution in [1.82, 2.24) is 0 Å². The molecule has 0 atom stereocenters. The van der Waals surface area contributed by atoms with Crippen LogP contribution in [0.4, 0.5) is 0 Å². The summed E-state index contributed by atoms with van der Waals surface area (Å²) in [6.07, 6.45) is 3.32. The van der Waals surface area contributed by atoms with Gasteiger partial charge in [0.1, 0.15) is 0 Å². The molecule has 2 nitrogen and oxygen atoms in total. The van der Waals surface area contributed by atoms with E-state index in [1.807, 2.05) is 6.92 Å². The number of ether oxygens (including phenoxy) is 1. The highest BCUT2D eigenvalue weighted by Crippen LogP contribution is 1.90. The zero-order valence-electron chi connectivity index (χ0n) is 5.97. The monoisotopic (exact) mass is 206 g/mol. The Hall–Kier alpha value is -0.310. The minimum atomic E-state index is -0.287. The van der Waals surface area contributed by atoms with Crippen LogP contribution in [0.1, 0.15) is 19.8 Å². The molecule has 0 aliphatic carbocycles. The molecule has 0 unspecified atom stereocenters. The third kappa shape index (κ3) is 5.82. The molecule has 0 aliphatic heterocycles. The molecule has 0 spiro atoms. The number of halogens is 1. The van der Waals surface area contributed by atoms with Crippen molar-refractivity contribution in [3.8, 4) is 0 Å². The molecule has 0 rings (SSSR count). The van der Waals surface area contributed by atoms with E-state index < -0.39 is 0 Å². The standard InChI is InChI=1S/C7H11BrO2/c1-2-3-6-10-7(9)4-5-8/h4-5H,2-3,6H2,1H3. The summed E-state index contributed by atoms with van der Waals surface area (Å²) in [6.45, 7) is 2.57. The van der Waals surface area contributed by atoms with Crippen LogP contribution in [0.3, 0.4) is 0 Å². The van der Waals surface area contributed by atoms with E-state index in [0.29, 0.717) is 6.61 Å². The van der Waals surface area contributed by atoms with Gasteiger partial charge in [-0.1, -0.05) is 29.3 Å². The van der Waals surface area contributed by atoms with Crippen molar-refractivity contribution in [3.63, 3.8) is 0 Å². The van der Waals surface area contributed by atoms with E-state index in [4.69, 9.17) is 4.74 Å². The topological polar surface area (TPSA) is 26.3 Å². The van der Waals surface area contributed by atoms with Crippen molar-refractivity contribution in [1.29, 1.82) is 0 Å². The summed E-state index contributed by atoms with van der Waals surface area (Å²) in [5, 5.41) is 0. The van der Waals surface area contributed by atoms with Crippen molar-refractivity contribution in [2.24, 2.45) is 0 Å². The minimum Gasteiger partial charge on any atom is -0.463 e. The smallest absolute Gasteiger partial charge is 0.331 e. The number of esters is 1. The first-order chi connectivity index (χ1) is 4.81. The van der Waals surface area contributed by atoms with Crippen LogP contribution in [0, 0.1) is 0 Å². The van der Waals surface area contributed by atoms with Crippen molar-refractivity contribution < 1.29 is 9.53 Å². The summed E-state index contributed by atoms with van der Waals surface area (Å²) >= 11 is 2.98. The molecule has 0 saturated heterocycles. The Labute approximate surface area is 69.4 Å². The second-order valence-corrected chi connectivity index (χ2v) is 2.34. The first kappa shape index (κ1) is 9.69. The summed E-state index contributed by atoms with van der Waals surface area (Å²) in [5.41, 5.74) is 0. The number of hydrogen-bond donors (Lipinski definition) is 0. The lowest BCUT2D eigenvalue weighted by molar-refractivity contribution is -0.137. The largest absolute Gasteiger partial charge is 0.463 e. The molecule has 10 heavy (non-hydrogen) atoms. The van der Waals surface area contributed by atoms with Gasteiger partial charge in [0.2, 0.25) is 0 Å². The fourth-order valence-corrected chi connectivity index (χ4v) is 0.632. The molecular formula is C7H11BrO2. The quantitative estimate of drug-likeness (QED) is 0.401. The van der Waals surface area contributed by atoms with Gasteiger partial charge in [-0.25, -0.2) is 4.79 Å². The molecule has 0 aromatic heterocycles. The Bertz CT molecular complexity index is 121. The molecule has 0 aliphatic rings.